The van der Waals surface area contributed by atoms with Gasteiger partial charge < -0.3 is 5.73 Å². The number of anilines is 1. The summed E-state index contributed by atoms with van der Waals surface area (Å²) in [6.07, 6.45) is 5.63. The molecule has 0 radical (unpaired) electrons. The van der Waals surface area contributed by atoms with Gasteiger partial charge in [-0.1, -0.05) is 11.8 Å². The number of nitrogen functional groups attached to an aromatic ring is 1. The van der Waals surface area contributed by atoms with Gasteiger partial charge in [0.2, 0.25) is 0 Å². The summed E-state index contributed by atoms with van der Waals surface area (Å²) in [6.45, 7) is 0. The first kappa shape index (κ1) is 8.67. The zero-order chi connectivity index (χ0) is 8.27. The first-order valence-corrected chi connectivity index (χ1v) is 5.43. The van der Waals surface area contributed by atoms with Crippen molar-refractivity contribution in [1.82, 2.24) is 9.97 Å². The third-order valence-corrected chi connectivity index (χ3v) is 2.48. The quantitative estimate of drug-likeness (QED) is 0.561. The molecule has 0 aliphatic heterocycles. The molecule has 0 saturated heterocycles. The van der Waals surface area contributed by atoms with E-state index in [4.69, 9.17) is 5.73 Å². The molecule has 1 rings (SSSR count). The van der Waals surface area contributed by atoms with Crippen LogP contribution in [0.2, 0.25) is 0 Å². The van der Waals surface area contributed by atoms with Gasteiger partial charge in [0, 0.05) is 6.20 Å². The van der Waals surface area contributed by atoms with Crippen LogP contribution in [0, 0.1) is 0 Å². The fraction of sp³-hybridized carbons (Fsp3) is 0.333. The molecular formula is C6H9N3S2. The van der Waals surface area contributed by atoms with Gasteiger partial charge in [-0.25, -0.2) is 9.97 Å². The maximum Gasteiger partial charge on any atom is 0.189 e. The molecule has 0 unspecified atom stereocenters. The average molecular weight is 187 g/mol. The topological polar surface area (TPSA) is 51.8 Å². The van der Waals surface area contributed by atoms with Crippen LogP contribution in [0.5, 0.6) is 0 Å². The lowest BCUT2D eigenvalue weighted by atomic mass is 10.6. The molecule has 5 heteroatoms. The minimum atomic E-state index is 0.567. The summed E-state index contributed by atoms with van der Waals surface area (Å²) < 4.78 is 0. The van der Waals surface area contributed by atoms with Gasteiger partial charge in [-0.3, -0.25) is 0 Å². The Kier molecular flexibility index (Phi) is 3.02. The molecule has 1 aromatic heterocycles. The molecule has 60 valence electrons. The van der Waals surface area contributed by atoms with Gasteiger partial charge in [-0.15, -0.1) is 11.8 Å². The van der Waals surface area contributed by atoms with Gasteiger partial charge in [0.1, 0.15) is 5.82 Å². The Bertz CT molecular complexity index is 252. The molecule has 0 fully saturated rings. The smallest absolute Gasteiger partial charge is 0.189 e. The van der Waals surface area contributed by atoms with Gasteiger partial charge in [0.15, 0.2) is 5.16 Å². The number of hydrogen-bond acceptors (Lipinski definition) is 5. The lowest BCUT2D eigenvalue weighted by Gasteiger charge is -2.00. The third kappa shape index (κ3) is 2.00. The highest BCUT2D eigenvalue weighted by molar-refractivity contribution is 7.99. The Morgan fingerprint density at radius 3 is 2.55 bits per heavy atom. The molecular weight excluding hydrogens is 178 g/mol. The fourth-order valence-corrected chi connectivity index (χ4v) is 1.38. The van der Waals surface area contributed by atoms with Crippen molar-refractivity contribution in [3.8, 4) is 0 Å². The van der Waals surface area contributed by atoms with Gasteiger partial charge >= 0.3 is 0 Å². The molecule has 0 bridgehead atoms. The van der Waals surface area contributed by atoms with Gasteiger partial charge in [-0.05, 0) is 12.5 Å². The van der Waals surface area contributed by atoms with Gasteiger partial charge in [0.05, 0.1) is 4.90 Å². The molecule has 0 aliphatic carbocycles. The van der Waals surface area contributed by atoms with E-state index in [-0.39, 0.29) is 0 Å². The largest absolute Gasteiger partial charge is 0.383 e. The number of aromatic nitrogens is 2. The van der Waals surface area contributed by atoms with E-state index >= 15 is 0 Å². The number of nitrogens with two attached hydrogens (primary N) is 1. The first-order chi connectivity index (χ1) is 5.27. The first-order valence-electron chi connectivity index (χ1n) is 2.98. The Balaban J connectivity index is 2.99. The molecule has 0 aromatic carbocycles. The second kappa shape index (κ2) is 3.82. The van der Waals surface area contributed by atoms with E-state index in [0.29, 0.717) is 5.82 Å². The number of hydrogen-bond donors (Lipinski definition) is 1. The summed E-state index contributed by atoms with van der Waals surface area (Å²) >= 11 is 3.05. The lowest BCUT2D eigenvalue weighted by Crippen LogP contribution is -1.95. The summed E-state index contributed by atoms with van der Waals surface area (Å²) in [5.41, 5.74) is 5.62. The molecule has 1 heterocycles. The molecule has 0 amide bonds. The summed E-state index contributed by atoms with van der Waals surface area (Å²) in [4.78, 5) is 9.08. The minimum absolute atomic E-state index is 0.567. The van der Waals surface area contributed by atoms with Crippen LogP contribution in [0.15, 0.2) is 16.2 Å². The van der Waals surface area contributed by atoms with E-state index < -0.39 is 0 Å². The average Bonchev–Trinajstić information content (AvgIpc) is 2.04. The molecule has 3 nitrogen and oxygen atoms in total. The molecule has 2 N–H and O–H groups in total. The molecule has 1 aromatic rings. The van der Waals surface area contributed by atoms with Crippen molar-refractivity contribution in [3.05, 3.63) is 6.20 Å². The minimum Gasteiger partial charge on any atom is -0.383 e. The van der Waals surface area contributed by atoms with Crippen LogP contribution in [0.4, 0.5) is 5.82 Å². The molecule has 0 aliphatic rings. The van der Waals surface area contributed by atoms with E-state index in [2.05, 4.69) is 9.97 Å². The van der Waals surface area contributed by atoms with Crippen LogP contribution in [-0.2, 0) is 0 Å². The summed E-state index contributed by atoms with van der Waals surface area (Å²) in [5, 5.41) is 0.723. The summed E-state index contributed by atoms with van der Waals surface area (Å²) in [7, 11) is 0. The normalized spacial score (nSPS) is 10.0. The summed E-state index contributed by atoms with van der Waals surface area (Å²) in [6, 6.07) is 0. The predicted octanol–water partition coefficient (Wildman–Crippen LogP) is 1.50. The Hall–Kier alpha value is -0.420. The fourth-order valence-electron chi connectivity index (χ4n) is 0.623. The van der Waals surface area contributed by atoms with E-state index in [1.807, 2.05) is 12.5 Å². The lowest BCUT2D eigenvalue weighted by molar-refractivity contribution is 0.945. The Labute approximate surface area is 74.2 Å². The molecule has 11 heavy (non-hydrogen) atoms. The summed E-state index contributed by atoms with van der Waals surface area (Å²) in [5.74, 6) is 0.567. The van der Waals surface area contributed by atoms with Crippen molar-refractivity contribution in [2.45, 2.75) is 10.1 Å². The standard InChI is InChI=1S/C6H9N3S2/c1-10-4-3-8-6(11-2)9-5(4)7/h3H,1-2H3,(H2,7,8,9). The maximum absolute atomic E-state index is 5.62. The zero-order valence-electron chi connectivity index (χ0n) is 6.37. The van der Waals surface area contributed by atoms with Crippen LogP contribution >= 0.6 is 23.5 Å². The highest BCUT2D eigenvalue weighted by Crippen LogP contribution is 2.21. The molecule has 0 saturated carbocycles. The van der Waals surface area contributed by atoms with Gasteiger partial charge in [0.25, 0.3) is 0 Å². The Morgan fingerprint density at radius 2 is 2.09 bits per heavy atom. The van der Waals surface area contributed by atoms with Crippen LogP contribution in [0.3, 0.4) is 0 Å². The molecule has 0 spiro atoms. The maximum atomic E-state index is 5.62. The highest BCUT2D eigenvalue weighted by atomic mass is 32.2. The van der Waals surface area contributed by atoms with E-state index in [1.165, 1.54) is 11.8 Å². The highest BCUT2D eigenvalue weighted by Gasteiger charge is 2.00. The van der Waals surface area contributed by atoms with Crippen LogP contribution in [-0.4, -0.2) is 22.5 Å². The SMILES string of the molecule is CSc1ncc(SC)c(N)n1. The van der Waals surface area contributed by atoms with Crippen molar-refractivity contribution < 1.29 is 0 Å². The van der Waals surface area contributed by atoms with E-state index in [1.54, 1.807) is 18.0 Å². The second-order valence-corrected chi connectivity index (χ2v) is 3.43. The molecule has 0 atom stereocenters. The van der Waals surface area contributed by atoms with Crippen LogP contribution in [0.1, 0.15) is 0 Å². The van der Waals surface area contributed by atoms with Crippen LogP contribution in [0.25, 0.3) is 0 Å². The van der Waals surface area contributed by atoms with Crippen molar-refractivity contribution in [1.29, 1.82) is 0 Å². The predicted molar refractivity (Wildman–Crippen MR) is 50.0 cm³/mol. The van der Waals surface area contributed by atoms with Crippen molar-refractivity contribution in [2.75, 3.05) is 18.2 Å². The van der Waals surface area contributed by atoms with Crippen molar-refractivity contribution >= 4 is 29.3 Å². The monoisotopic (exact) mass is 187 g/mol. The van der Waals surface area contributed by atoms with E-state index in [9.17, 15) is 0 Å². The van der Waals surface area contributed by atoms with Crippen molar-refractivity contribution in [3.63, 3.8) is 0 Å². The van der Waals surface area contributed by atoms with Crippen molar-refractivity contribution in [2.24, 2.45) is 0 Å². The number of thioether (sulfide) groups is 2. The second-order valence-electron chi connectivity index (χ2n) is 1.81. The van der Waals surface area contributed by atoms with E-state index in [0.717, 1.165) is 10.1 Å². The zero-order valence-corrected chi connectivity index (χ0v) is 8.00. The van der Waals surface area contributed by atoms with Crippen LogP contribution < -0.4 is 5.73 Å². The number of nitrogens with zero attached hydrogens (tertiary/aromatic N) is 2. The Morgan fingerprint density at radius 1 is 1.36 bits per heavy atom. The number of rotatable bonds is 2. The van der Waals surface area contributed by atoms with Gasteiger partial charge in [-0.2, -0.15) is 0 Å². The third-order valence-electron chi connectivity index (χ3n) is 1.16.